The van der Waals surface area contributed by atoms with Crippen LogP contribution >= 0.6 is 0 Å². The number of anilines is 1. The fourth-order valence-corrected chi connectivity index (χ4v) is 3.31. The van der Waals surface area contributed by atoms with Crippen molar-refractivity contribution in [1.29, 1.82) is 5.26 Å². The predicted octanol–water partition coefficient (Wildman–Crippen LogP) is 4.15. The lowest BCUT2D eigenvalue weighted by Gasteiger charge is -2.26. The largest absolute Gasteiger partial charge is 0.440 e. The highest BCUT2D eigenvalue weighted by Gasteiger charge is 2.30. The molecule has 1 heterocycles. The highest BCUT2D eigenvalue weighted by Crippen LogP contribution is 2.42. The van der Waals surface area contributed by atoms with Crippen molar-refractivity contribution < 1.29 is 4.74 Å². The van der Waals surface area contributed by atoms with Crippen LogP contribution in [0.1, 0.15) is 17.0 Å². The van der Waals surface area contributed by atoms with Crippen LogP contribution in [0.15, 0.2) is 84.3 Å². The van der Waals surface area contributed by atoms with Crippen molar-refractivity contribution in [2.24, 2.45) is 5.73 Å². The Morgan fingerprint density at radius 1 is 0.846 bits per heavy atom. The summed E-state index contributed by atoms with van der Waals surface area (Å²) in [4.78, 5) is 0. The first-order valence-corrected chi connectivity index (χ1v) is 8.30. The van der Waals surface area contributed by atoms with E-state index >= 15 is 0 Å². The van der Waals surface area contributed by atoms with Crippen molar-refractivity contribution >= 4 is 5.69 Å². The monoisotopic (exact) mass is 339 g/mol. The summed E-state index contributed by atoms with van der Waals surface area (Å²) in [5, 5.41) is 9.61. The smallest absolute Gasteiger partial charge is 0.205 e. The van der Waals surface area contributed by atoms with Crippen molar-refractivity contribution in [2.75, 3.05) is 5.73 Å². The van der Waals surface area contributed by atoms with E-state index < -0.39 is 0 Å². The van der Waals surface area contributed by atoms with E-state index in [1.165, 1.54) is 0 Å². The summed E-state index contributed by atoms with van der Waals surface area (Å²) in [5.74, 6) is 0.454. The molecule has 3 aromatic carbocycles. The Bertz CT molecular complexity index is 1030. The third kappa shape index (κ3) is 2.66. The van der Waals surface area contributed by atoms with Crippen LogP contribution in [0.2, 0.25) is 0 Å². The number of hydrogen-bond donors (Lipinski definition) is 2. The summed E-state index contributed by atoms with van der Waals surface area (Å²) in [5.41, 5.74) is 17.0. The van der Waals surface area contributed by atoms with E-state index in [1.807, 2.05) is 42.5 Å². The highest BCUT2D eigenvalue weighted by molar-refractivity contribution is 5.65. The molecule has 3 aromatic rings. The van der Waals surface area contributed by atoms with Crippen LogP contribution in [0.4, 0.5) is 5.69 Å². The summed E-state index contributed by atoms with van der Waals surface area (Å²) < 4.78 is 5.62. The van der Waals surface area contributed by atoms with Gasteiger partial charge in [0.05, 0.1) is 5.92 Å². The Morgan fingerprint density at radius 2 is 1.54 bits per heavy atom. The van der Waals surface area contributed by atoms with Gasteiger partial charge < -0.3 is 16.2 Å². The molecular weight excluding hydrogens is 322 g/mol. The minimum absolute atomic E-state index is 0.128. The molecule has 4 N–H and O–H groups in total. The van der Waals surface area contributed by atoms with Crippen molar-refractivity contribution in [3.8, 4) is 22.9 Å². The molecule has 0 amide bonds. The van der Waals surface area contributed by atoms with Gasteiger partial charge in [0.25, 0.3) is 0 Å². The molecule has 1 atom stereocenters. The van der Waals surface area contributed by atoms with Crippen LogP contribution < -0.4 is 16.2 Å². The summed E-state index contributed by atoms with van der Waals surface area (Å²) in [6, 6.07) is 26.0. The normalized spacial score (nSPS) is 15.7. The summed E-state index contributed by atoms with van der Waals surface area (Å²) in [6.07, 6.45) is 0. The van der Waals surface area contributed by atoms with Gasteiger partial charge in [0.15, 0.2) is 0 Å². The van der Waals surface area contributed by atoms with Crippen molar-refractivity contribution in [1.82, 2.24) is 0 Å². The van der Waals surface area contributed by atoms with Crippen molar-refractivity contribution in [3.05, 3.63) is 95.4 Å². The predicted molar refractivity (Wildman–Crippen MR) is 102 cm³/mol. The first kappa shape index (κ1) is 15.8. The Labute approximate surface area is 151 Å². The van der Waals surface area contributed by atoms with Crippen molar-refractivity contribution in [3.63, 3.8) is 0 Å². The number of benzene rings is 3. The average molecular weight is 339 g/mol. The minimum atomic E-state index is -0.269. The Morgan fingerprint density at radius 3 is 2.23 bits per heavy atom. The molecule has 0 aliphatic carbocycles. The maximum atomic E-state index is 9.61. The number of fused-ring (bicyclic) bond motifs is 1. The van der Waals surface area contributed by atoms with Crippen LogP contribution in [0.25, 0.3) is 11.1 Å². The van der Waals surface area contributed by atoms with Crippen molar-refractivity contribution in [2.45, 2.75) is 5.92 Å². The van der Waals surface area contributed by atoms with Crippen LogP contribution in [-0.2, 0) is 0 Å². The molecular formula is C22H17N3O. The van der Waals surface area contributed by atoms with Gasteiger partial charge in [0.1, 0.15) is 17.4 Å². The van der Waals surface area contributed by atoms with E-state index in [4.69, 9.17) is 16.2 Å². The second-order valence-corrected chi connectivity index (χ2v) is 6.21. The molecule has 26 heavy (non-hydrogen) atoms. The molecule has 126 valence electrons. The first-order valence-electron chi connectivity index (χ1n) is 8.30. The molecule has 1 aliphatic heterocycles. The molecule has 0 aromatic heterocycles. The van der Waals surface area contributed by atoms with Crippen LogP contribution in [0.3, 0.4) is 0 Å². The molecule has 0 radical (unpaired) electrons. The lowest BCUT2D eigenvalue weighted by atomic mass is 9.83. The molecule has 4 rings (SSSR count). The van der Waals surface area contributed by atoms with Gasteiger partial charge in [-0.1, -0.05) is 60.7 Å². The Kier molecular flexibility index (Phi) is 3.83. The summed E-state index contributed by atoms with van der Waals surface area (Å²) in [7, 11) is 0. The van der Waals surface area contributed by atoms with Crippen LogP contribution in [-0.4, -0.2) is 0 Å². The van der Waals surface area contributed by atoms with E-state index in [-0.39, 0.29) is 11.8 Å². The molecule has 0 fully saturated rings. The average Bonchev–Trinajstić information content (AvgIpc) is 2.67. The minimum Gasteiger partial charge on any atom is -0.440 e. The number of allylic oxidation sites excluding steroid dienone is 1. The summed E-state index contributed by atoms with van der Waals surface area (Å²) >= 11 is 0. The first-order chi connectivity index (χ1) is 12.7. The zero-order valence-corrected chi connectivity index (χ0v) is 14.0. The molecule has 0 saturated heterocycles. The van der Waals surface area contributed by atoms with Gasteiger partial charge in [-0.3, -0.25) is 0 Å². The topological polar surface area (TPSA) is 85.1 Å². The number of nitrogens with zero attached hydrogens (tertiary/aromatic N) is 1. The molecule has 0 saturated carbocycles. The van der Waals surface area contributed by atoms with Gasteiger partial charge in [0.2, 0.25) is 5.88 Å². The lowest BCUT2D eigenvalue weighted by molar-refractivity contribution is 0.394. The fraction of sp³-hybridized carbons (Fsp3) is 0.0455. The van der Waals surface area contributed by atoms with E-state index in [9.17, 15) is 5.26 Å². The zero-order chi connectivity index (χ0) is 18.1. The Balaban J connectivity index is 1.80. The molecule has 4 heteroatoms. The SMILES string of the molecule is N#CC1=C(N)Oc2cc(N)ccc2[C@H]1c1ccc(-c2ccccc2)cc1. The van der Waals surface area contributed by atoms with E-state index in [1.54, 1.807) is 6.07 Å². The quantitative estimate of drug-likeness (QED) is 0.687. The number of nitrogens with two attached hydrogens (primary N) is 2. The lowest BCUT2D eigenvalue weighted by Crippen LogP contribution is -2.21. The van der Waals surface area contributed by atoms with E-state index in [0.29, 0.717) is 17.0 Å². The molecule has 0 unspecified atom stereocenters. The van der Waals surface area contributed by atoms with Gasteiger partial charge in [0, 0.05) is 17.3 Å². The fourth-order valence-electron chi connectivity index (χ4n) is 3.31. The summed E-state index contributed by atoms with van der Waals surface area (Å²) in [6.45, 7) is 0. The van der Waals surface area contributed by atoms with E-state index in [0.717, 1.165) is 22.3 Å². The van der Waals surface area contributed by atoms with Gasteiger partial charge in [-0.25, -0.2) is 0 Å². The van der Waals surface area contributed by atoms with Gasteiger partial charge in [-0.2, -0.15) is 5.26 Å². The van der Waals surface area contributed by atoms with Crippen LogP contribution in [0, 0.1) is 11.3 Å². The van der Waals surface area contributed by atoms with E-state index in [2.05, 4.69) is 30.3 Å². The number of nitriles is 1. The second-order valence-electron chi connectivity index (χ2n) is 6.21. The second kappa shape index (κ2) is 6.30. The molecule has 0 spiro atoms. The highest BCUT2D eigenvalue weighted by atomic mass is 16.5. The van der Waals surface area contributed by atoms with Crippen LogP contribution in [0.5, 0.6) is 5.75 Å². The number of ether oxygens (including phenoxy) is 1. The number of nitrogen functional groups attached to an aromatic ring is 1. The zero-order valence-electron chi connectivity index (χ0n) is 14.0. The maximum absolute atomic E-state index is 9.61. The number of rotatable bonds is 2. The molecule has 0 bridgehead atoms. The number of hydrogen-bond acceptors (Lipinski definition) is 4. The maximum Gasteiger partial charge on any atom is 0.205 e. The standard InChI is InChI=1S/C22H17N3O/c23-13-19-21(18-11-10-17(24)12-20(18)26-22(19)25)16-8-6-15(7-9-16)14-4-2-1-3-5-14/h1-12,21H,24-25H2/t21-/m1/s1. The van der Waals surface area contributed by atoms with Gasteiger partial charge in [-0.05, 0) is 22.8 Å². The van der Waals surface area contributed by atoms with Gasteiger partial charge >= 0.3 is 0 Å². The van der Waals surface area contributed by atoms with Gasteiger partial charge in [-0.15, -0.1) is 0 Å². The third-order valence-corrected chi connectivity index (χ3v) is 4.59. The third-order valence-electron chi connectivity index (χ3n) is 4.59. The molecule has 1 aliphatic rings. The molecule has 4 nitrogen and oxygen atoms in total. The Hall–Kier alpha value is -3.71.